The van der Waals surface area contributed by atoms with Crippen molar-refractivity contribution < 1.29 is 20.1 Å². The molecule has 0 aliphatic carbocycles. The number of aliphatic hydroxyl groups is 3. The Morgan fingerprint density at radius 1 is 1.08 bits per heavy atom. The van der Waals surface area contributed by atoms with Crippen molar-refractivity contribution in [2.45, 2.75) is 43.9 Å². The van der Waals surface area contributed by atoms with Crippen LogP contribution >= 0.6 is 0 Å². The molecule has 5 heteroatoms. The van der Waals surface area contributed by atoms with Crippen LogP contribution in [0.3, 0.4) is 0 Å². The van der Waals surface area contributed by atoms with Crippen LogP contribution in [0.25, 0.3) is 0 Å². The van der Waals surface area contributed by atoms with Crippen LogP contribution in [0.5, 0.6) is 0 Å². The summed E-state index contributed by atoms with van der Waals surface area (Å²) >= 11 is 0. The fourth-order valence-corrected chi connectivity index (χ4v) is 1.56. The molecule has 0 bridgehead atoms. The Balaban J connectivity index is 2.66. The highest BCUT2D eigenvalue weighted by Gasteiger charge is 2.41. The van der Waals surface area contributed by atoms with Crippen LogP contribution in [0.15, 0.2) is 0 Å². The van der Waals surface area contributed by atoms with E-state index in [1.165, 1.54) is 0 Å². The van der Waals surface area contributed by atoms with E-state index in [1.54, 1.807) is 0 Å². The summed E-state index contributed by atoms with van der Waals surface area (Å²) in [4.78, 5) is 0. The van der Waals surface area contributed by atoms with Gasteiger partial charge in [0.25, 0.3) is 0 Å². The molecule has 13 heavy (non-hydrogen) atoms. The van der Waals surface area contributed by atoms with E-state index in [2.05, 4.69) is 0 Å². The molecule has 1 heterocycles. The molecule has 0 aromatic rings. The van der Waals surface area contributed by atoms with Crippen LogP contribution in [0, 0.1) is 0 Å². The lowest BCUT2D eigenvalue weighted by Crippen LogP contribution is -2.59. The van der Waals surface area contributed by atoms with E-state index < -0.39 is 30.5 Å². The molecule has 0 aromatic heterocycles. The molecule has 5 nitrogen and oxygen atoms in total. The normalized spacial score (nSPS) is 46.4. The number of hydrogen-bond acceptors (Lipinski definition) is 5. The first kappa shape index (κ1) is 10.9. The highest BCUT2D eigenvalue weighted by atomic mass is 16.5. The third kappa shape index (κ3) is 2.00. The van der Waals surface area contributed by atoms with Crippen molar-refractivity contribution in [3.63, 3.8) is 0 Å². The fourth-order valence-electron chi connectivity index (χ4n) is 1.56. The van der Waals surface area contributed by atoms with Gasteiger partial charge >= 0.3 is 0 Å². The first-order valence-corrected chi connectivity index (χ1v) is 4.51. The minimum Gasteiger partial charge on any atom is -0.388 e. The Labute approximate surface area is 77.1 Å². The van der Waals surface area contributed by atoms with Gasteiger partial charge in [-0.15, -0.1) is 0 Å². The largest absolute Gasteiger partial charge is 0.388 e. The van der Waals surface area contributed by atoms with Gasteiger partial charge in [0, 0.05) is 6.54 Å². The van der Waals surface area contributed by atoms with Crippen molar-refractivity contribution in [1.82, 2.24) is 0 Å². The molecule has 0 radical (unpaired) electrons. The number of hydrogen-bond donors (Lipinski definition) is 4. The Bertz CT molecular complexity index is 146. The van der Waals surface area contributed by atoms with Crippen LogP contribution in [0.1, 0.15) is 13.3 Å². The average molecular weight is 191 g/mol. The third-order valence-electron chi connectivity index (χ3n) is 2.45. The van der Waals surface area contributed by atoms with Gasteiger partial charge in [0.1, 0.15) is 18.3 Å². The summed E-state index contributed by atoms with van der Waals surface area (Å²) in [6, 6.07) is 0. The summed E-state index contributed by atoms with van der Waals surface area (Å²) < 4.78 is 5.29. The zero-order valence-electron chi connectivity index (χ0n) is 7.63. The molecular formula is C8H17NO4. The number of ether oxygens (including phenoxy) is 1. The van der Waals surface area contributed by atoms with E-state index in [1.807, 2.05) is 6.92 Å². The fraction of sp³-hybridized carbons (Fsp3) is 1.00. The van der Waals surface area contributed by atoms with Gasteiger partial charge in [0.05, 0.1) is 12.2 Å². The first-order valence-electron chi connectivity index (χ1n) is 4.51. The molecule has 1 rings (SSSR count). The molecule has 1 aliphatic heterocycles. The lowest BCUT2D eigenvalue weighted by atomic mass is 9.94. The Morgan fingerprint density at radius 3 is 2.08 bits per heavy atom. The Kier molecular flexibility index (Phi) is 3.63. The predicted molar refractivity (Wildman–Crippen MR) is 46.0 cm³/mol. The SMILES string of the molecule is CC[C@H]1O[C@H](CN)[C@@H](O)[C@H](O)[C@H]1O. The van der Waals surface area contributed by atoms with Gasteiger partial charge in [-0.1, -0.05) is 6.92 Å². The van der Waals surface area contributed by atoms with Crippen molar-refractivity contribution in [2.24, 2.45) is 5.73 Å². The monoisotopic (exact) mass is 191 g/mol. The van der Waals surface area contributed by atoms with Gasteiger partial charge in [-0.2, -0.15) is 0 Å². The first-order chi connectivity index (χ1) is 6.11. The van der Waals surface area contributed by atoms with Gasteiger partial charge in [-0.25, -0.2) is 0 Å². The van der Waals surface area contributed by atoms with E-state index in [-0.39, 0.29) is 6.54 Å². The highest BCUT2D eigenvalue weighted by molar-refractivity contribution is 4.91. The summed E-state index contributed by atoms with van der Waals surface area (Å²) in [7, 11) is 0. The second kappa shape index (κ2) is 4.34. The Hall–Kier alpha value is -0.200. The molecule has 5 N–H and O–H groups in total. The van der Waals surface area contributed by atoms with Crippen LogP contribution in [0.2, 0.25) is 0 Å². The summed E-state index contributed by atoms with van der Waals surface area (Å²) in [5.74, 6) is 0. The third-order valence-corrected chi connectivity index (χ3v) is 2.45. The van der Waals surface area contributed by atoms with Gasteiger partial charge in [-0.3, -0.25) is 0 Å². The maximum Gasteiger partial charge on any atom is 0.111 e. The van der Waals surface area contributed by atoms with Gasteiger partial charge in [0.2, 0.25) is 0 Å². The van der Waals surface area contributed by atoms with E-state index in [0.717, 1.165) is 0 Å². The maximum atomic E-state index is 9.45. The minimum absolute atomic E-state index is 0.140. The molecule has 0 saturated carbocycles. The average Bonchev–Trinajstić information content (AvgIpc) is 2.15. The smallest absolute Gasteiger partial charge is 0.111 e. The van der Waals surface area contributed by atoms with E-state index in [9.17, 15) is 15.3 Å². The van der Waals surface area contributed by atoms with Gasteiger partial charge in [0.15, 0.2) is 0 Å². The number of aliphatic hydroxyl groups excluding tert-OH is 3. The van der Waals surface area contributed by atoms with Crippen molar-refractivity contribution in [1.29, 1.82) is 0 Å². The lowest BCUT2D eigenvalue weighted by Gasteiger charge is -2.40. The standard InChI is InChI=1S/C8H17NO4/c1-2-4-6(10)8(12)7(11)5(3-9)13-4/h4-8,10-12H,2-3,9H2,1H3/t4-,5-,6+,7-,8-/m1/s1. The molecule has 1 fully saturated rings. The minimum atomic E-state index is -1.16. The van der Waals surface area contributed by atoms with Crippen LogP contribution in [-0.4, -0.2) is 52.4 Å². The Morgan fingerprint density at radius 2 is 1.62 bits per heavy atom. The molecule has 0 amide bonds. The van der Waals surface area contributed by atoms with Crippen LogP contribution in [0.4, 0.5) is 0 Å². The van der Waals surface area contributed by atoms with E-state index >= 15 is 0 Å². The second-order valence-electron chi connectivity index (χ2n) is 3.33. The highest BCUT2D eigenvalue weighted by Crippen LogP contribution is 2.22. The lowest BCUT2D eigenvalue weighted by molar-refractivity contribution is -0.219. The molecule has 0 spiro atoms. The molecule has 1 saturated heterocycles. The number of rotatable bonds is 2. The van der Waals surface area contributed by atoms with Crippen molar-refractivity contribution in [3.05, 3.63) is 0 Å². The van der Waals surface area contributed by atoms with Gasteiger partial charge in [-0.05, 0) is 6.42 Å². The van der Waals surface area contributed by atoms with Crippen LogP contribution < -0.4 is 5.73 Å². The van der Waals surface area contributed by atoms with E-state index in [0.29, 0.717) is 6.42 Å². The van der Waals surface area contributed by atoms with E-state index in [4.69, 9.17) is 10.5 Å². The molecule has 0 aromatic carbocycles. The summed E-state index contributed by atoms with van der Waals surface area (Å²) in [6.07, 6.45) is -3.71. The summed E-state index contributed by atoms with van der Waals surface area (Å²) in [5.41, 5.74) is 5.34. The van der Waals surface area contributed by atoms with Crippen molar-refractivity contribution in [2.75, 3.05) is 6.54 Å². The molecular weight excluding hydrogens is 174 g/mol. The zero-order chi connectivity index (χ0) is 10.0. The predicted octanol–water partition coefficient (Wildman–Crippen LogP) is -1.79. The molecule has 5 atom stereocenters. The topological polar surface area (TPSA) is 95.9 Å². The zero-order valence-corrected chi connectivity index (χ0v) is 7.63. The van der Waals surface area contributed by atoms with Crippen LogP contribution in [-0.2, 0) is 4.74 Å². The second-order valence-corrected chi connectivity index (χ2v) is 3.33. The molecule has 78 valence electrons. The van der Waals surface area contributed by atoms with Gasteiger partial charge < -0.3 is 25.8 Å². The summed E-state index contributed by atoms with van der Waals surface area (Å²) in [6.45, 7) is 1.98. The van der Waals surface area contributed by atoms with Crippen molar-refractivity contribution in [3.8, 4) is 0 Å². The molecule has 0 unspecified atom stereocenters. The molecule has 1 aliphatic rings. The van der Waals surface area contributed by atoms with Crippen molar-refractivity contribution >= 4 is 0 Å². The quantitative estimate of drug-likeness (QED) is 0.413. The maximum absolute atomic E-state index is 9.45. The summed E-state index contributed by atoms with van der Waals surface area (Å²) in [5, 5.41) is 28.3. The number of nitrogens with two attached hydrogens (primary N) is 1.